The summed E-state index contributed by atoms with van der Waals surface area (Å²) < 4.78 is 2.40. The fourth-order valence-corrected chi connectivity index (χ4v) is 4.98. The standard InChI is InChI=1S/C18H21N7O3S2/c1-9-22-23-17(30-9)19-11(26)8-29-15-12-14(24(2)18(28)25(3)16(12)27)20-13(21-15)10-6-4-5-7-10/h10H,4-8H2,1-3H3,(H,19,23,26). The first-order chi connectivity index (χ1) is 14.3. The van der Waals surface area contributed by atoms with Gasteiger partial charge in [0.25, 0.3) is 5.56 Å². The lowest BCUT2D eigenvalue weighted by Crippen LogP contribution is -2.38. The minimum absolute atomic E-state index is 0.0425. The van der Waals surface area contributed by atoms with Gasteiger partial charge in [-0.3, -0.25) is 24.0 Å². The highest BCUT2D eigenvalue weighted by Crippen LogP contribution is 2.34. The van der Waals surface area contributed by atoms with Gasteiger partial charge in [-0.15, -0.1) is 10.2 Å². The number of carbonyl (C=O) groups excluding carboxylic acids is 1. The number of rotatable bonds is 5. The molecule has 12 heteroatoms. The van der Waals surface area contributed by atoms with Crippen molar-refractivity contribution in [3.05, 3.63) is 31.7 Å². The van der Waals surface area contributed by atoms with E-state index in [1.807, 2.05) is 0 Å². The molecule has 10 nitrogen and oxygen atoms in total. The molecule has 1 aliphatic carbocycles. The maximum Gasteiger partial charge on any atom is 0.332 e. The number of hydrogen-bond donors (Lipinski definition) is 1. The number of nitrogens with zero attached hydrogens (tertiary/aromatic N) is 6. The molecule has 0 aliphatic heterocycles. The summed E-state index contributed by atoms with van der Waals surface area (Å²) >= 11 is 2.45. The first-order valence-corrected chi connectivity index (χ1v) is 11.4. The molecule has 1 aliphatic rings. The van der Waals surface area contributed by atoms with E-state index in [1.165, 1.54) is 23.0 Å². The molecule has 3 heterocycles. The second kappa shape index (κ2) is 8.26. The number of thioether (sulfide) groups is 1. The van der Waals surface area contributed by atoms with Gasteiger partial charge in [0.15, 0.2) is 5.65 Å². The van der Waals surface area contributed by atoms with Crippen LogP contribution in [0.3, 0.4) is 0 Å². The number of aryl methyl sites for hydroxylation is 2. The summed E-state index contributed by atoms with van der Waals surface area (Å²) in [5, 5.41) is 12.3. The van der Waals surface area contributed by atoms with Crippen molar-refractivity contribution in [1.82, 2.24) is 29.3 Å². The monoisotopic (exact) mass is 447 g/mol. The summed E-state index contributed by atoms with van der Waals surface area (Å²) in [5.74, 6) is 0.602. The Balaban J connectivity index is 1.72. The van der Waals surface area contributed by atoms with Gasteiger partial charge in [0, 0.05) is 20.0 Å². The molecule has 4 rings (SSSR count). The minimum Gasteiger partial charge on any atom is -0.300 e. The number of aromatic nitrogens is 6. The third-order valence-corrected chi connectivity index (χ3v) is 6.85. The van der Waals surface area contributed by atoms with Crippen LogP contribution >= 0.6 is 23.1 Å². The molecule has 3 aromatic heterocycles. The van der Waals surface area contributed by atoms with Crippen LogP contribution in [0.4, 0.5) is 5.13 Å². The van der Waals surface area contributed by atoms with E-state index in [1.54, 1.807) is 14.0 Å². The average Bonchev–Trinajstić information content (AvgIpc) is 3.40. The number of carbonyl (C=O) groups is 1. The Hall–Kier alpha value is -2.60. The highest BCUT2D eigenvalue weighted by Gasteiger charge is 2.24. The lowest BCUT2D eigenvalue weighted by molar-refractivity contribution is -0.113. The van der Waals surface area contributed by atoms with Gasteiger partial charge >= 0.3 is 5.69 Å². The molecule has 0 unspecified atom stereocenters. The molecule has 0 radical (unpaired) electrons. The van der Waals surface area contributed by atoms with Crippen LogP contribution in [0.15, 0.2) is 14.6 Å². The fraction of sp³-hybridized carbons (Fsp3) is 0.500. The van der Waals surface area contributed by atoms with Gasteiger partial charge in [-0.2, -0.15) is 0 Å². The Morgan fingerprint density at radius 2 is 1.90 bits per heavy atom. The number of amides is 1. The van der Waals surface area contributed by atoms with Crippen molar-refractivity contribution in [1.29, 1.82) is 0 Å². The third kappa shape index (κ3) is 3.88. The van der Waals surface area contributed by atoms with Gasteiger partial charge in [0.1, 0.15) is 21.2 Å². The minimum atomic E-state index is -0.464. The Labute approximate surface area is 179 Å². The van der Waals surface area contributed by atoms with E-state index in [0.717, 1.165) is 47.0 Å². The molecule has 0 atom stereocenters. The summed E-state index contributed by atoms with van der Waals surface area (Å²) in [7, 11) is 3.02. The first kappa shape index (κ1) is 20.7. The fourth-order valence-electron chi connectivity index (χ4n) is 3.55. The Bertz CT molecular complexity index is 1240. The highest BCUT2D eigenvalue weighted by atomic mass is 32.2. The molecule has 0 bridgehead atoms. The molecule has 158 valence electrons. The van der Waals surface area contributed by atoms with Crippen LogP contribution in [0, 0.1) is 6.92 Å². The normalized spacial score (nSPS) is 14.5. The molecule has 1 fully saturated rings. The molecule has 1 amide bonds. The number of hydrogen-bond acceptors (Lipinski definition) is 9. The number of anilines is 1. The zero-order chi connectivity index (χ0) is 21.4. The van der Waals surface area contributed by atoms with Crippen molar-refractivity contribution >= 4 is 45.2 Å². The van der Waals surface area contributed by atoms with Crippen LogP contribution in [0.1, 0.15) is 42.4 Å². The molecular formula is C18H21N7O3S2. The van der Waals surface area contributed by atoms with Gasteiger partial charge in [0.05, 0.1) is 5.75 Å². The molecule has 3 aromatic rings. The first-order valence-electron chi connectivity index (χ1n) is 9.55. The zero-order valence-electron chi connectivity index (χ0n) is 16.8. The predicted molar refractivity (Wildman–Crippen MR) is 115 cm³/mol. The Morgan fingerprint density at radius 1 is 1.17 bits per heavy atom. The van der Waals surface area contributed by atoms with Gasteiger partial charge in [-0.05, 0) is 19.8 Å². The van der Waals surface area contributed by atoms with Gasteiger partial charge in [0.2, 0.25) is 11.0 Å². The molecule has 0 spiro atoms. The SMILES string of the molecule is Cc1nnc(NC(=O)CSc2nc(C3CCCC3)nc3c2c(=O)n(C)c(=O)n3C)s1. The van der Waals surface area contributed by atoms with Crippen molar-refractivity contribution in [3.63, 3.8) is 0 Å². The van der Waals surface area contributed by atoms with E-state index in [-0.39, 0.29) is 23.0 Å². The van der Waals surface area contributed by atoms with E-state index in [4.69, 9.17) is 0 Å². The van der Waals surface area contributed by atoms with E-state index < -0.39 is 11.2 Å². The number of fused-ring (bicyclic) bond motifs is 1. The summed E-state index contributed by atoms with van der Waals surface area (Å²) in [6.45, 7) is 1.81. The van der Waals surface area contributed by atoms with Crippen LogP contribution in [-0.2, 0) is 18.9 Å². The lowest BCUT2D eigenvalue weighted by atomic mass is 10.1. The molecule has 30 heavy (non-hydrogen) atoms. The second-order valence-electron chi connectivity index (χ2n) is 7.24. The quantitative estimate of drug-likeness (QED) is 0.462. The maximum absolute atomic E-state index is 12.8. The van der Waals surface area contributed by atoms with Crippen LogP contribution in [0.5, 0.6) is 0 Å². The van der Waals surface area contributed by atoms with E-state index >= 15 is 0 Å². The third-order valence-electron chi connectivity index (χ3n) is 5.12. The zero-order valence-corrected chi connectivity index (χ0v) is 18.5. The van der Waals surface area contributed by atoms with E-state index in [9.17, 15) is 14.4 Å². The Kier molecular flexibility index (Phi) is 5.69. The molecular weight excluding hydrogens is 426 g/mol. The predicted octanol–water partition coefficient (Wildman–Crippen LogP) is 1.58. The number of nitrogens with one attached hydrogen (secondary N) is 1. The summed E-state index contributed by atoms with van der Waals surface area (Å²) in [5.41, 5.74) is -0.597. The van der Waals surface area contributed by atoms with Gasteiger partial charge < -0.3 is 0 Å². The van der Waals surface area contributed by atoms with Crippen LogP contribution in [-0.4, -0.2) is 41.0 Å². The summed E-state index contributed by atoms with van der Waals surface area (Å²) in [6, 6.07) is 0. The largest absolute Gasteiger partial charge is 0.332 e. The smallest absolute Gasteiger partial charge is 0.300 e. The van der Waals surface area contributed by atoms with E-state index in [2.05, 4.69) is 25.5 Å². The van der Waals surface area contributed by atoms with Crippen molar-refractivity contribution < 1.29 is 4.79 Å². The van der Waals surface area contributed by atoms with Crippen LogP contribution < -0.4 is 16.6 Å². The molecule has 1 saturated carbocycles. The van der Waals surface area contributed by atoms with Crippen molar-refractivity contribution in [2.24, 2.45) is 14.1 Å². The summed E-state index contributed by atoms with van der Waals surface area (Å²) in [4.78, 5) is 46.8. The van der Waals surface area contributed by atoms with Crippen LogP contribution in [0.25, 0.3) is 11.0 Å². The van der Waals surface area contributed by atoms with Gasteiger partial charge in [-0.25, -0.2) is 14.8 Å². The van der Waals surface area contributed by atoms with Crippen molar-refractivity contribution in [2.75, 3.05) is 11.1 Å². The van der Waals surface area contributed by atoms with Crippen molar-refractivity contribution in [3.8, 4) is 0 Å². The van der Waals surface area contributed by atoms with Crippen molar-refractivity contribution in [2.45, 2.75) is 43.6 Å². The van der Waals surface area contributed by atoms with Gasteiger partial charge in [-0.1, -0.05) is 35.9 Å². The van der Waals surface area contributed by atoms with E-state index in [0.29, 0.717) is 21.6 Å². The lowest BCUT2D eigenvalue weighted by Gasteiger charge is -2.14. The maximum atomic E-state index is 12.8. The van der Waals surface area contributed by atoms with Crippen LogP contribution in [0.2, 0.25) is 0 Å². The summed E-state index contributed by atoms with van der Waals surface area (Å²) in [6.07, 6.45) is 4.16. The second-order valence-corrected chi connectivity index (χ2v) is 9.38. The molecule has 1 N–H and O–H groups in total. The Morgan fingerprint density at radius 3 is 2.57 bits per heavy atom. The average molecular weight is 448 g/mol. The highest BCUT2D eigenvalue weighted by molar-refractivity contribution is 8.00. The molecule has 0 saturated heterocycles. The topological polar surface area (TPSA) is 125 Å². The molecule has 0 aromatic carbocycles.